The summed E-state index contributed by atoms with van der Waals surface area (Å²) in [5.41, 5.74) is 6.48. The molecule has 0 atom stereocenters. The number of rotatable bonds is 3. The summed E-state index contributed by atoms with van der Waals surface area (Å²) in [6.45, 7) is 2.19. The Bertz CT molecular complexity index is 822. The van der Waals surface area contributed by atoms with Gasteiger partial charge in [0.15, 0.2) is 0 Å². The molecule has 0 bridgehead atoms. The highest BCUT2D eigenvalue weighted by molar-refractivity contribution is 7.21. The molecule has 0 saturated carbocycles. The van der Waals surface area contributed by atoms with Crippen LogP contribution in [-0.4, -0.2) is 5.91 Å². The van der Waals surface area contributed by atoms with E-state index < -0.39 is 0 Å². The van der Waals surface area contributed by atoms with E-state index in [1.807, 2.05) is 31.2 Å². The van der Waals surface area contributed by atoms with Crippen LogP contribution in [0.2, 0.25) is 5.02 Å². The lowest BCUT2D eigenvalue weighted by Gasteiger charge is -2.02. The lowest BCUT2D eigenvalue weighted by atomic mass is 10.2. The van der Waals surface area contributed by atoms with Gasteiger partial charge in [0, 0.05) is 10.1 Å². The first-order valence-electron chi connectivity index (χ1n) is 6.36. The molecule has 0 aliphatic rings. The van der Waals surface area contributed by atoms with Crippen LogP contribution in [0.5, 0.6) is 0 Å². The van der Waals surface area contributed by atoms with Crippen LogP contribution in [0.25, 0.3) is 10.1 Å². The number of carbonyl (C=O) groups is 1. The zero-order valence-electron chi connectivity index (χ0n) is 11.3. The van der Waals surface area contributed by atoms with Crippen molar-refractivity contribution in [3.8, 4) is 0 Å². The zero-order chi connectivity index (χ0) is 15.0. The summed E-state index contributed by atoms with van der Waals surface area (Å²) in [4.78, 5) is 12.7. The number of amides is 1. The molecule has 2 aromatic heterocycles. The molecular weight excluding hydrogens is 308 g/mol. The molecule has 4 nitrogen and oxygen atoms in total. The van der Waals surface area contributed by atoms with E-state index in [0.717, 1.165) is 15.8 Å². The van der Waals surface area contributed by atoms with E-state index in [1.165, 1.54) is 11.3 Å². The first kappa shape index (κ1) is 14.0. The highest BCUT2D eigenvalue weighted by Gasteiger charge is 2.18. The molecule has 108 valence electrons. The summed E-state index contributed by atoms with van der Waals surface area (Å²) >= 11 is 7.47. The molecule has 0 fully saturated rings. The third kappa shape index (κ3) is 2.62. The van der Waals surface area contributed by atoms with Gasteiger partial charge in [-0.1, -0.05) is 17.7 Å². The SMILES string of the molecule is Cc1ccc(CNC(=O)c2sc3cccc(Cl)c3c2N)o1. The van der Waals surface area contributed by atoms with Crippen molar-refractivity contribution in [2.75, 3.05) is 5.73 Å². The summed E-state index contributed by atoms with van der Waals surface area (Å²) in [7, 11) is 0. The number of nitrogens with two attached hydrogens (primary N) is 1. The smallest absolute Gasteiger partial charge is 0.263 e. The average molecular weight is 321 g/mol. The van der Waals surface area contributed by atoms with Crippen molar-refractivity contribution in [2.24, 2.45) is 0 Å². The minimum absolute atomic E-state index is 0.223. The normalized spacial score (nSPS) is 11.0. The van der Waals surface area contributed by atoms with E-state index in [2.05, 4.69) is 5.32 Å². The number of nitrogens with one attached hydrogen (secondary N) is 1. The second kappa shape index (κ2) is 5.42. The average Bonchev–Trinajstić information content (AvgIpc) is 3.01. The topological polar surface area (TPSA) is 68.3 Å². The molecule has 3 N–H and O–H groups in total. The summed E-state index contributed by atoms with van der Waals surface area (Å²) in [5.74, 6) is 1.30. The minimum Gasteiger partial charge on any atom is -0.465 e. The largest absolute Gasteiger partial charge is 0.465 e. The van der Waals surface area contributed by atoms with Crippen LogP contribution in [0.4, 0.5) is 5.69 Å². The van der Waals surface area contributed by atoms with Gasteiger partial charge in [0.2, 0.25) is 0 Å². The van der Waals surface area contributed by atoms with E-state index in [0.29, 0.717) is 27.9 Å². The van der Waals surface area contributed by atoms with Crippen LogP contribution in [-0.2, 0) is 6.54 Å². The molecular formula is C15H13ClN2O2S. The van der Waals surface area contributed by atoms with Crippen molar-refractivity contribution in [3.05, 3.63) is 51.8 Å². The van der Waals surface area contributed by atoms with E-state index in [4.69, 9.17) is 21.8 Å². The molecule has 1 amide bonds. The van der Waals surface area contributed by atoms with Crippen molar-refractivity contribution in [2.45, 2.75) is 13.5 Å². The molecule has 0 aliphatic heterocycles. The number of nitrogen functional groups attached to an aromatic ring is 1. The molecule has 2 heterocycles. The molecule has 0 spiro atoms. The van der Waals surface area contributed by atoms with Gasteiger partial charge in [0.25, 0.3) is 5.91 Å². The van der Waals surface area contributed by atoms with Crippen LogP contribution in [0.1, 0.15) is 21.2 Å². The first-order chi connectivity index (χ1) is 10.1. The highest BCUT2D eigenvalue weighted by Crippen LogP contribution is 2.37. The molecule has 0 unspecified atom stereocenters. The van der Waals surface area contributed by atoms with E-state index in [9.17, 15) is 4.79 Å². The second-order valence-electron chi connectivity index (χ2n) is 4.65. The third-order valence-electron chi connectivity index (χ3n) is 3.13. The van der Waals surface area contributed by atoms with Crippen molar-refractivity contribution in [1.82, 2.24) is 5.32 Å². The van der Waals surface area contributed by atoms with Gasteiger partial charge in [-0.25, -0.2) is 0 Å². The van der Waals surface area contributed by atoms with Crippen LogP contribution < -0.4 is 11.1 Å². The number of benzene rings is 1. The predicted molar refractivity (Wildman–Crippen MR) is 85.9 cm³/mol. The van der Waals surface area contributed by atoms with Gasteiger partial charge < -0.3 is 15.5 Å². The van der Waals surface area contributed by atoms with E-state index in [1.54, 1.807) is 6.07 Å². The second-order valence-corrected chi connectivity index (χ2v) is 6.11. The molecule has 6 heteroatoms. The van der Waals surface area contributed by atoms with Crippen molar-refractivity contribution in [1.29, 1.82) is 0 Å². The number of furan rings is 1. The molecule has 3 rings (SSSR count). The summed E-state index contributed by atoms with van der Waals surface area (Å²) in [5, 5.41) is 4.10. The monoisotopic (exact) mass is 320 g/mol. The Morgan fingerprint density at radius 2 is 2.19 bits per heavy atom. The van der Waals surface area contributed by atoms with Crippen LogP contribution >= 0.6 is 22.9 Å². The first-order valence-corrected chi connectivity index (χ1v) is 7.55. The standard InChI is InChI=1S/C15H13ClN2O2S/c1-8-5-6-9(20-8)7-18-15(19)14-13(17)12-10(16)3-2-4-11(12)21-14/h2-6H,7,17H2,1H3,(H,18,19). The Morgan fingerprint density at radius 1 is 1.38 bits per heavy atom. The van der Waals surface area contributed by atoms with Gasteiger partial charge >= 0.3 is 0 Å². The number of fused-ring (bicyclic) bond motifs is 1. The number of aryl methyl sites for hydroxylation is 1. The van der Waals surface area contributed by atoms with Crippen molar-refractivity contribution < 1.29 is 9.21 Å². The van der Waals surface area contributed by atoms with Crippen LogP contribution in [0.3, 0.4) is 0 Å². The quantitative estimate of drug-likeness (QED) is 0.767. The minimum atomic E-state index is -0.223. The molecule has 0 saturated heterocycles. The number of thiophene rings is 1. The fourth-order valence-electron chi connectivity index (χ4n) is 2.13. The van der Waals surface area contributed by atoms with Crippen LogP contribution in [0.15, 0.2) is 34.7 Å². The maximum absolute atomic E-state index is 12.3. The maximum atomic E-state index is 12.3. The summed E-state index contributed by atoms with van der Waals surface area (Å²) < 4.78 is 6.32. The number of carbonyl (C=O) groups excluding carboxylic acids is 1. The lowest BCUT2D eigenvalue weighted by Crippen LogP contribution is -2.22. The Labute approximate surface area is 130 Å². The molecule has 0 aliphatic carbocycles. The van der Waals surface area contributed by atoms with Crippen molar-refractivity contribution >= 4 is 44.6 Å². The Kier molecular flexibility index (Phi) is 3.61. The van der Waals surface area contributed by atoms with E-state index >= 15 is 0 Å². The zero-order valence-corrected chi connectivity index (χ0v) is 12.8. The molecule has 3 aromatic rings. The highest BCUT2D eigenvalue weighted by atomic mass is 35.5. The number of hydrogen-bond acceptors (Lipinski definition) is 4. The molecule has 0 radical (unpaired) electrons. The Balaban J connectivity index is 1.84. The van der Waals surface area contributed by atoms with Gasteiger partial charge in [-0.2, -0.15) is 0 Å². The maximum Gasteiger partial charge on any atom is 0.263 e. The Hall–Kier alpha value is -1.98. The lowest BCUT2D eigenvalue weighted by molar-refractivity contribution is 0.0953. The number of anilines is 1. The van der Waals surface area contributed by atoms with E-state index in [-0.39, 0.29) is 5.91 Å². The summed E-state index contributed by atoms with van der Waals surface area (Å²) in [6.07, 6.45) is 0. The fraction of sp³-hybridized carbons (Fsp3) is 0.133. The number of halogens is 1. The van der Waals surface area contributed by atoms with Gasteiger partial charge in [0.1, 0.15) is 16.4 Å². The number of hydrogen-bond donors (Lipinski definition) is 2. The predicted octanol–water partition coefficient (Wildman–Crippen LogP) is 3.97. The fourth-order valence-corrected chi connectivity index (χ4v) is 3.52. The molecule has 21 heavy (non-hydrogen) atoms. The van der Waals surface area contributed by atoms with Gasteiger partial charge in [-0.15, -0.1) is 11.3 Å². The van der Waals surface area contributed by atoms with Crippen LogP contribution in [0, 0.1) is 6.92 Å². The van der Waals surface area contributed by atoms with Crippen molar-refractivity contribution in [3.63, 3.8) is 0 Å². The third-order valence-corrected chi connectivity index (χ3v) is 4.61. The van der Waals surface area contributed by atoms with Gasteiger partial charge in [-0.3, -0.25) is 4.79 Å². The van der Waals surface area contributed by atoms with Gasteiger partial charge in [0.05, 0.1) is 17.3 Å². The Morgan fingerprint density at radius 3 is 2.86 bits per heavy atom. The molecule has 1 aromatic carbocycles. The van der Waals surface area contributed by atoms with Gasteiger partial charge in [-0.05, 0) is 31.2 Å². The summed E-state index contributed by atoms with van der Waals surface area (Å²) in [6, 6.07) is 9.19.